The molecule has 2 fully saturated rings. The van der Waals surface area contributed by atoms with E-state index >= 15 is 0 Å². The molecule has 0 aliphatic heterocycles. The number of hydrogen-bond donors (Lipinski definition) is 3. The van der Waals surface area contributed by atoms with Gasteiger partial charge in [0.25, 0.3) is 0 Å². The Labute approximate surface area is 134 Å². The Morgan fingerprint density at radius 3 is 2.41 bits per heavy atom. The van der Waals surface area contributed by atoms with E-state index in [-0.39, 0.29) is 17.6 Å². The summed E-state index contributed by atoms with van der Waals surface area (Å²) in [5.41, 5.74) is 4.59. The van der Waals surface area contributed by atoms with Crippen LogP contribution >= 0.6 is 15.9 Å². The second-order valence-corrected chi connectivity index (χ2v) is 6.55. The van der Waals surface area contributed by atoms with Crippen molar-refractivity contribution >= 4 is 33.7 Å². The highest BCUT2D eigenvalue weighted by Gasteiger charge is 2.54. The molecule has 2 aliphatic rings. The summed E-state index contributed by atoms with van der Waals surface area (Å²) in [6.45, 7) is 0. The smallest absolute Gasteiger partial charge is 0.307 e. The van der Waals surface area contributed by atoms with E-state index in [0.717, 1.165) is 19.3 Å². The molecule has 0 saturated heterocycles. The van der Waals surface area contributed by atoms with E-state index in [1.807, 2.05) is 0 Å². The number of hydrazine groups is 1. The highest BCUT2D eigenvalue weighted by molar-refractivity contribution is 9.10. The van der Waals surface area contributed by atoms with Crippen molar-refractivity contribution < 1.29 is 23.9 Å². The zero-order valence-corrected chi connectivity index (χ0v) is 13.1. The van der Waals surface area contributed by atoms with Crippen LogP contribution in [0.15, 0.2) is 21.2 Å². The molecule has 0 radical (unpaired) electrons. The Morgan fingerprint density at radius 1 is 1.14 bits per heavy atom. The van der Waals surface area contributed by atoms with Gasteiger partial charge in [0.05, 0.1) is 11.8 Å². The number of furan rings is 1. The number of carboxylic acid groups (broad SMARTS) is 1. The molecule has 7 nitrogen and oxygen atoms in total. The monoisotopic (exact) mass is 370 g/mol. The van der Waals surface area contributed by atoms with Gasteiger partial charge in [-0.15, -0.1) is 0 Å². The molecule has 0 spiro atoms. The zero-order valence-electron chi connectivity index (χ0n) is 11.5. The second kappa shape index (κ2) is 5.75. The van der Waals surface area contributed by atoms with Gasteiger partial charge in [-0.2, -0.15) is 0 Å². The molecule has 8 heteroatoms. The lowest BCUT2D eigenvalue weighted by Crippen LogP contribution is -2.48. The number of carboxylic acids is 1. The third-order valence-electron chi connectivity index (χ3n) is 4.60. The van der Waals surface area contributed by atoms with Gasteiger partial charge in [0.2, 0.25) is 5.91 Å². The van der Waals surface area contributed by atoms with Crippen LogP contribution in [0.3, 0.4) is 0 Å². The summed E-state index contributed by atoms with van der Waals surface area (Å²) < 4.78 is 5.48. The molecule has 1 heterocycles. The van der Waals surface area contributed by atoms with Crippen LogP contribution in [0.2, 0.25) is 0 Å². The van der Waals surface area contributed by atoms with Gasteiger partial charge in [0.15, 0.2) is 10.4 Å². The number of carbonyl (C=O) groups is 3. The molecule has 0 aromatic carbocycles. The molecule has 2 saturated carbocycles. The molecule has 2 bridgehead atoms. The first kappa shape index (κ1) is 15.1. The molecule has 22 heavy (non-hydrogen) atoms. The van der Waals surface area contributed by atoms with E-state index in [2.05, 4.69) is 26.8 Å². The van der Waals surface area contributed by atoms with Gasteiger partial charge in [-0.05, 0) is 59.2 Å². The van der Waals surface area contributed by atoms with Crippen molar-refractivity contribution in [3.8, 4) is 0 Å². The first-order valence-corrected chi connectivity index (χ1v) is 7.85. The highest BCUT2D eigenvalue weighted by atomic mass is 79.9. The first-order chi connectivity index (χ1) is 10.5. The van der Waals surface area contributed by atoms with Gasteiger partial charge in [-0.25, -0.2) is 0 Å². The standard InChI is InChI=1S/C14H15BrN2O5/c15-9-4-3-8(22-9)12(18)16-17-13(19)10-6-1-2-7(5-6)11(10)14(20)21/h3-4,6-7,10-11H,1-2,5H2,(H,16,18)(H,17,19)(H,20,21)/t6-,7-,10+,11-/m0/s1. The first-order valence-electron chi connectivity index (χ1n) is 7.05. The zero-order chi connectivity index (χ0) is 15.9. The maximum Gasteiger partial charge on any atom is 0.307 e. The molecule has 4 atom stereocenters. The van der Waals surface area contributed by atoms with E-state index < -0.39 is 29.6 Å². The lowest BCUT2D eigenvalue weighted by atomic mass is 9.79. The van der Waals surface area contributed by atoms with Gasteiger partial charge in [0, 0.05) is 0 Å². The number of amides is 2. The van der Waals surface area contributed by atoms with Crippen LogP contribution in [0.4, 0.5) is 0 Å². The largest absolute Gasteiger partial charge is 0.481 e. The fraction of sp³-hybridized carbons (Fsp3) is 0.500. The summed E-state index contributed by atoms with van der Waals surface area (Å²) in [6, 6.07) is 3.02. The number of hydrogen-bond acceptors (Lipinski definition) is 4. The number of carbonyl (C=O) groups excluding carboxylic acids is 2. The molecule has 2 aliphatic carbocycles. The predicted octanol–water partition coefficient (Wildman–Crippen LogP) is 1.55. The van der Waals surface area contributed by atoms with Crippen LogP contribution < -0.4 is 10.9 Å². The van der Waals surface area contributed by atoms with E-state index in [1.54, 1.807) is 6.07 Å². The number of rotatable bonds is 3. The van der Waals surface area contributed by atoms with Gasteiger partial charge in [0.1, 0.15) is 0 Å². The molecule has 3 N–H and O–H groups in total. The minimum atomic E-state index is -0.936. The average Bonchev–Trinajstić information content (AvgIpc) is 3.18. The number of halogens is 1. The molecule has 1 aromatic heterocycles. The van der Waals surface area contributed by atoms with Gasteiger partial charge in [-0.3, -0.25) is 25.2 Å². The Balaban J connectivity index is 1.62. The van der Waals surface area contributed by atoms with Crippen molar-refractivity contribution in [3.05, 3.63) is 22.6 Å². The molecule has 2 amide bonds. The fourth-order valence-corrected chi connectivity index (χ4v) is 4.03. The SMILES string of the molecule is O=C(NNC(=O)[C@@H]1[C@H]2CC[C@@H](C2)[C@@H]1C(=O)O)c1ccc(Br)o1. The molecule has 0 unspecified atom stereocenters. The minimum absolute atomic E-state index is 0.0508. The number of aliphatic carboxylic acids is 1. The number of fused-ring (bicyclic) bond motifs is 2. The van der Waals surface area contributed by atoms with Gasteiger partial charge < -0.3 is 9.52 Å². The van der Waals surface area contributed by atoms with Gasteiger partial charge >= 0.3 is 11.9 Å². The Bertz CT molecular complexity index is 629. The number of nitrogens with one attached hydrogen (secondary N) is 2. The summed E-state index contributed by atoms with van der Waals surface area (Å²) >= 11 is 3.08. The summed E-state index contributed by atoms with van der Waals surface area (Å²) in [4.78, 5) is 35.4. The third-order valence-corrected chi connectivity index (χ3v) is 5.03. The van der Waals surface area contributed by atoms with Crippen LogP contribution in [0.25, 0.3) is 0 Å². The normalized spacial score (nSPS) is 29.3. The predicted molar refractivity (Wildman–Crippen MR) is 77.5 cm³/mol. The van der Waals surface area contributed by atoms with Crippen molar-refractivity contribution in [1.82, 2.24) is 10.9 Å². The Morgan fingerprint density at radius 2 is 1.82 bits per heavy atom. The molecule has 118 valence electrons. The van der Waals surface area contributed by atoms with Crippen molar-refractivity contribution in [2.24, 2.45) is 23.7 Å². The lowest BCUT2D eigenvalue weighted by molar-refractivity contribution is -0.149. The lowest BCUT2D eigenvalue weighted by Gasteiger charge is -2.26. The average molecular weight is 371 g/mol. The van der Waals surface area contributed by atoms with E-state index in [9.17, 15) is 19.5 Å². The highest BCUT2D eigenvalue weighted by Crippen LogP contribution is 2.52. The Hall–Kier alpha value is -1.83. The van der Waals surface area contributed by atoms with Crippen molar-refractivity contribution in [1.29, 1.82) is 0 Å². The summed E-state index contributed by atoms with van der Waals surface area (Å²) in [7, 11) is 0. The maximum absolute atomic E-state index is 12.3. The van der Waals surface area contributed by atoms with Crippen LogP contribution in [-0.2, 0) is 9.59 Å². The maximum atomic E-state index is 12.3. The fourth-order valence-electron chi connectivity index (χ4n) is 3.72. The molecular formula is C14H15BrN2O5. The van der Waals surface area contributed by atoms with Crippen LogP contribution in [0.1, 0.15) is 29.8 Å². The van der Waals surface area contributed by atoms with Crippen LogP contribution in [-0.4, -0.2) is 22.9 Å². The summed E-state index contributed by atoms with van der Waals surface area (Å²) in [6.07, 6.45) is 2.50. The quantitative estimate of drug-likeness (QED) is 0.699. The molecular weight excluding hydrogens is 356 g/mol. The topological polar surface area (TPSA) is 109 Å². The molecule has 3 rings (SSSR count). The molecule has 1 aromatic rings. The van der Waals surface area contributed by atoms with Crippen molar-refractivity contribution in [2.75, 3.05) is 0 Å². The van der Waals surface area contributed by atoms with Gasteiger partial charge in [-0.1, -0.05) is 0 Å². The minimum Gasteiger partial charge on any atom is -0.481 e. The summed E-state index contributed by atoms with van der Waals surface area (Å²) in [5, 5.41) is 9.33. The summed E-state index contributed by atoms with van der Waals surface area (Å²) in [5.74, 6) is -3.01. The Kier molecular flexibility index (Phi) is 3.94. The van der Waals surface area contributed by atoms with Crippen molar-refractivity contribution in [2.45, 2.75) is 19.3 Å². The van der Waals surface area contributed by atoms with E-state index in [0.29, 0.717) is 4.67 Å². The van der Waals surface area contributed by atoms with Crippen LogP contribution in [0.5, 0.6) is 0 Å². The van der Waals surface area contributed by atoms with E-state index in [4.69, 9.17) is 4.42 Å². The van der Waals surface area contributed by atoms with E-state index in [1.165, 1.54) is 6.07 Å². The van der Waals surface area contributed by atoms with Crippen molar-refractivity contribution in [3.63, 3.8) is 0 Å². The second-order valence-electron chi connectivity index (χ2n) is 5.77. The third kappa shape index (κ3) is 2.63. The van der Waals surface area contributed by atoms with Crippen LogP contribution in [0, 0.1) is 23.7 Å².